The molecule has 0 bridgehead atoms. The Morgan fingerprint density at radius 1 is 1.19 bits per heavy atom. The van der Waals surface area contributed by atoms with Gasteiger partial charge in [0.1, 0.15) is 18.4 Å². The summed E-state index contributed by atoms with van der Waals surface area (Å²) in [4.78, 5) is 24.0. The van der Waals surface area contributed by atoms with Crippen molar-refractivity contribution in [3.8, 4) is 0 Å². The highest BCUT2D eigenvalue weighted by Gasteiger charge is 2.23. The van der Waals surface area contributed by atoms with Crippen molar-refractivity contribution >= 4 is 29.1 Å². The van der Waals surface area contributed by atoms with Crippen molar-refractivity contribution in [3.63, 3.8) is 0 Å². The molecule has 0 N–H and O–H groups in total. The Labute approximate surface area is 161 Å². The van der Waals surface area contributed by atoms with Crippen LogP contribution in [0.5, 0.6) is 0 Å². The standard InChI is InChI=1S/C21H17ClO5/c1-14-10-19(27-20(14)23)25-13-18(16-7-3-2-4-8-16)21(24)26-12-15-6-5-9-17(22)11-15/h2-11,13,19H,12H2,1H3/b18-13+. The lowest BCUT2D eigenvalue weighted by atomic mass is 10.1. The van der Waals surface area contributed by atoms with Gasteiger partial charge in [0, 0.05) is 16.7 Å². The van der Waals surface area contributed by atoms with Gasteiger partial charge in [-0.1, -0.05) is 54.1 Å². The normalized spacial score (nSPS) is 16.5. The SMILES string of the molecule is CC1=CC(O/C=C(/C(=O)OCc2cccc(Cl)c2)c2ccccc2)OC1=O. The van der Waals surface area contributed by atoms with Crippen LogP contribution in [-0.4, -0.2) is 18.2 Å². The average molecular weight is 385 g/mol. The van der Waals surface area contributed by atoms with Crippen molar-refractivity contribution in [1.29, 1.82) is 0 Å². The predicted molar refractivity (Wildman–Crippen MR) is 100 cm³/mol. The summed E-state index contributed by atoms with van der Waals surface area (Å²) < 4.78 is 15.9. The quantitative estimate of drug-likeness (QED) is 0.423. The number of carbonyl (C=O) groups excluding carboxylic acids is 2. The largest absolute Gasteiger partial charge is 0.458 e. The van der Waals surface area contributed by atoms with Crippen molar-refractivity contribution in [2.75, 3.05) is 0 Å². The number of hydrogen-bond donors (Lipinski definition) is 0. The van der Waals surface area contributed by atoms with Crippen molar-refractivity contribution in [1.82, 2.24) is 0 Å². The average Bonchev–Trinajstić information content (AvgIpc) is 2.99. The van der Waals surface area contributed by atoms with Crippen LogP contribution in [0, 0.1) is 0 Å². The first-order valence-electron chi connectivity index (χ1n) is 8.25. The molecule has 27 heavy (non-hydrogen) atoms. The van der Waals surface area contributed by atoms with Crippen LogP contribution in [0.1, 0.15) is 18.1 Å². The Hall–Kier alpha value is -3.05. The smallest absolute Gasteiger partial charge is 0.342 e. The lowest BCUT2D eigenvalue weighted by Gasteiger charge is -2.12. The van der Waals surface area contributed by atoms with Gasteiger partial charge < -0.3 is 14.2 Å². The van der Waals surface area contributed by atoms with Crippen LogP contribution in [0.4, 0.5) is 0 Å². The van der Waals surface area contributed by atoms with E-state index in [9.17, 15) is 9.59 Å². The highest BCUT2D eigenvalue weighted by Crippen LogP contribution is 2.21. The third-order valence-electron chi connectivity index (χ3n) is 3.81. The second-order valence-electron chi connectivity index (χ2n) is 5.86. The third kappa shape index (κ3) is 4.99. The van der Waals surface area contributed by atoms with Gasteiger partial charge in [0.15, 0.2) is 0 Å². The fourth-order valence-corrected chi connectivity index (χ4v) is 2.62. The fourth-order valence-electron chi connectivity index (χ4n) is 2.41. The Balaban J connectivity index is 1.74. The summed E-state index contributed by atoms with van der Waals surface area (Å²) in [6.45, 7) is 1.70. The molecular formula is C21H17ClO5. The molecule has 0 saturated carbocycles. The summed E-state index contributed by atoms with van der Waals surface area (Å²) in [6.07, 6.45) is 1.93. The Bertz CT molecular complexity index is 902. The maximum Gasteiger partial charge on any atom is 0.342 e. The molecule has 0 aromatic heterocycles. The molecule has 1 heterocycles. The predicted octanol–water partition coefficient (Wildman–Crippen LogP) is 4.27. The van der Waals surface area contributed by atoms with Crippen LogP contribution in [0.25, 0.3) is 5.57 Å². The Kier molecular flexibility index (Phi) is 5.94. The van der Waals surface area contributed by atoms with Crippen LogP contribution in [0.2, 0.25) is 5.02 Å². The van der Waals surface area contributed by atoms with Crippen LogP contribution >= 0.6 is 11.6 Å². The molecule has 0 spiro atoms. The lowest BCUT2D eigenvalue weighted by Crippen LogP contribution is -2.12. The van der Waals surface area contributed by atoms with Gasteiger partial charge in [-0.05, 0) is 30.2 Å². The first-order chi connectivity index (χ1) is 13.0. The minimum atomic E-state index is -0.864. The molecule has 0 amide bonds. The molecule has 1 atom stereocenters. The van der Waals surface area contributed by atoms with Gasteiger partial charge in [-0.15, -0.1) is 0 Å². The molecule has 1 aliphatic rings. The maximum absolute atomic E-state index is 12.6. The molecule has 3 rings (SSSR count). The lowest BCUT2D eigenvalue weighted by molar-refractivity contribution is -0.152. The fraction of sp³-hybridized carbons (Fsp3) is 0.143. The minimum Gasteiger partial charge on any atom is -0.458 e. The molecular weight excluding hydrogens is 368 g/mol. The molecule has 1 unspecified atom stereocenters. The molecule has 1 aliphatic heterocycles. The van der Waals surface area contributed by atoms with Crippen molar-refractivity contribution < 1.29 is 23.8 Å². The van der Waals surface area contributed by atoms with Gasteiger partial charge in [0.25, 0.3) is 6.29 Å². The van der Waals surface area contributed by atoms with E-state index in [4.69, 9.17) is 25.8 Å². The van der Waals surface area contributed by atoms with E-state index in [0.29, 0.717) is 16.2 Å². The topological polar surface area (TPSA) is 61.8 Å². The monoisotopic (exact) mass is 384 g/mol. The van der Waals surface area contributed by atoms with Crippen LogP contribution in [0.15, 0.2) is 72.5 Å². The van der Waals surface area contributed by atoms with E-state index in [0.717, 1.165) is 5.56 Å². The van der Waals surface area contributed by atoms with Gasteiger partial charge >= 0.3 is 11.9 Å². The molecule has 2 aromatic rings. The molecule has 6 heteroatoms. The number of carbonyl (C=O) groups is 2. The molecule has 138 valence electrons. The summed E-state index contributed by atoms with van der Waals surface area (Å²) in [5.41, 5.74) is 2.07. The van der Waals surface area contributed by atoms with Gasteiger partial charge in [-0.2, -0.15) is 0 Å². The molecule has 2 aromatic carbocycles. The Morgan fingerprint density at radius 3 is 2.63 bits per heavy atom. The second kappa shape index (κ2) is 8.56. The summed E-state index contributed by atoms with van der Waals surface area (Å²) in [7, 11) is 0. The summed E-state index contributed by atoms with van der Waals surface area (Å²) >= 11 is 5.95. The molecule has 5 nitrogen and oxygen atoms in total. The number of hydrogen-bond acceptors (Lipinski definition) is 5. The van der Waals surface area contributed by atoms with E-state index in [1.807, 2.05) is 12.1 Å². The summed E-state index contributed by atoms with van der Waals surface area (Å²) in [6, 6.07) is 16.0. The first kappa shape index (κ1) is 18.7. The molecule has 0 radical (unpaired) electrons. The zero-order valence-corrected chi connectivity index (χ0v) is 15.3. The van der Waals surface area contributed by atoms with E-state index in [2.05, 4.69) is 0 Å². The molecule has 0 fully saturated rings. The highest BCUT2D eigenvalue weighted by atomic mass is 35.5. The van der Waals surface area contributed by atoms with Gasteiger partial charge in [-0.25, -0.2) is 9.59 Å². The number of benzene rings is 2. The zero-order chi connectivity index (χ0) is 19.2. The number of rotatable bonds is 6. The summed E-state index contributed by atoms with van der Waals surface area (Å²) in [5, 5.41) is 0.566. The molecule has 0 saturated heterocycles. The van der Waals surface area contributed by atoms with Gasteiger partial charge in [-0.3, -0.25) is 0 Å². The van der Waals surface area contributed by atoms with Gasteiger partial charge in [0.05, 0.1) is 0 Å². The number of cyclic esters (lactones) is 1. The number of ether oxygens (including phenoxy) is 3. The Morgan fingerprint density at radius 2 is 1.96 bits per heavy atom. The zero-order valence-electron chi connectivity index (χ0n) is 14.6. The van der Waals surface area contributed by atoms with Crippen LogP contribution in [-0.2, 0) is 30.4 Å². The van der Waals surface area contributed by atoms with Gasteiger partial charge in [0.2, 0.25) is 0 Å². The van der Waals surface area contributed by atoms with E-state index in [1.54, 1.807) is 55.5 Å². The minimum absolute atomic E-state index is 0.0704. The number of esters is 2. The van der Waals surface area contributed by atoms with Crippen molar-refractivity contribution in [2.24, 2.45) is 0 Å². The second-order valence-corrected chi connectivity index (χ2v) is 6.30. The maximum atomic E-state index is 12.6. The van der Waals surface area contributed by atoms with Crippen molar-refractivity contribution in [2.45, 2.75) is 19.8 Å². The van der Waals surface area contributed by atoms with E-state index < -0.39 is 18.2 Å². The molecule has 0 aliphatic carbocycles. The van der Waals surface area contributed by atoms with E-state index in [1.165, 1.54) is 6.26 Å². The highest BCUT2D eigenvalue weighted by molar-refractivity contribution is 6.30. The summed E-state index contributed by atoms with van der Waals surface area (Å²) in [5.74, 6) is -1.01. The number of halogens is 1. The van der Waals surface area contributed by atoms with Crippen LogP contribution < -0.4 is 0 Å². The van der Waals surface area contributed by atoms with E-state index >= 15 is 0 Å². The van der Waals surface area contributed by atoms with Crippen LogP contribution in [0.3, 0.4) is 0 Å². The van der Waals surface area contributed by atoms with E-state index in [-0.39, 0.29) is 12.2 Å². The first-order valence-corrected chi connectivity index (χ1v) is 8.63. The van der Waals surface area contributed by atoms with Crippen molar-refractivity contribution in [3.05, 3.63) is 88.7 Å². The third-order valence-corrected chi connectivity index (χ3v) is 4.05.